The van der Waals surface area contributed by atoms with Gasteiger partial charge in [-0.1, -0.05) is 0 Å². The van der Waals surface area contributed by atoms with Crippen LogP contribution in [0.1, 0.15) is 54.8 Å². The van der Waals surface area contributed by atoms with Crippen molar-refractivity contribution in [2.45, 2.75) is 13.3 Å². The van der Waals surface area contributed by atoms with Gasteiger partial charge in [0.2, 0.25) is 0 Å². The summed E-state index contributed by atoms with van der Waals surface area (Å²) in [5.41, 5.74) is 0.884. The van der Waals surface area contributed by atoms with Crippen molar-refractivity contribution in [1.82, 2.24) is 9.88 Å². The maximum absolute atomic E-state index is 12.6. The lowest BCUT2D eigenvalue weighted by molar-refractivity contribution is 0.0524. The molecule has 2 aromatic rings. The van der Waals surface area contributed by atoms with Crippen LogP contribution in [-0.2, 0) is 9.47 Å². The van der Waals surface area contributed by atoms with E-state index in [0.717, 1.165) is 4.90 Å². The van der Waals surface area contributed by atoms with E-state index in [0.29, 0.717) is 13.0 Å². The summed E-state index contributed by atoms with van der Waals surface area (Å²) in [4.78, 5) is 54.6. The fraction of sp³-hybridized carbons (Fsp3) is 0.286. The van der Waals surface area contributed by atoms with Gasteiger partial charge in [0, 0.05) is 32.0 Å². The number of benzene rings is 1. The lowest BCUT2D eigenvalue weighted by atomic mass is 10.1. The number of fused-ring (bicyclic) bond motifs is 1. The average Bonchev–Trinajstić information content (AvgIpc) is 2.98. The second kappa shape index (κ2) is 9.27. The highest BCUT2D eigenvalue weighted by Gasteiger charge is 2.35. The molecule has 1 aliphatic rings. The number of ether oxygens (including phenoxy) is 2. The van der Waals surface area contributed by atoms with Crippen LogP contribution in [0.4, 0.5) is 5.82 Å². The van der Waals surface area contributed by atoms with Gasteiger partial charge in [-0.25, -0.2) is 9.78 Å². The summed E-state index contributed by atoms with van der Waals surface area (Å²) in [5, 5.41) is 2.58. The van der Waals surface area contributed by atoms with E-state index in [1.165, 1.54) is 36.5 Å². The first-order valence-electron chi connectivity index (χ1n) is 9.40. The van der Waals surface area contributed by atoms with Gasteiger partial charge in [-0.2, -0.15) is 0 Å². The van der Waals surface area contributed by atoms with Crippen LogP contribution in [0.25, 0.3) is 0 Å². The van der Waals surface area contributed by atoms with Gasteiger partial charge in [0.25, 0.3) is 17.7 Å². The number of methoxy groups -OCH3 is 1. The molecule has 0 atom stereocenters. The Kier molecular flexibility index (Phi) is 6.53. The molecule has 0 radical (unpaired) electrons. The number of hydrogen-bond donors (Lipinski definition) is 1. The Hall–Kier alpha value is -3.59. The molecule has 30 heavy (non-hydrogen) atoms. The zero-order valence-corrected chi connectivity index (χ0v) is 16.6. The monoisotopic (exact) mass is 411 g/mol. The summed E-state index contributed by atoms with van der Waals surface area (Å²) < 4.78 is 9.88. The van der Waals surface area contributed by atoms with Crippen molar-refractivity contribution in [3.05, 3.63) is 58.8 Å². The number of nitrogens with one attached hydrogen (secondary N) is 1. The second-order valence-electron chi connectivity index (χ2n) is 6.47. The molecule has 0 spiro atoms. The minimum absolute atomic E-state index is 0.162. The lowest BCUT2D eigenvalue weighted by Crippen LogP contribution is -2.31. The van der Waals surface area contributed by atoms with Gasteiger partial charge in [-0.3, -0.25) is 19.3 Å². The Labute approximate surface area is 173 Å². The number of carbonyl (C=O) groups is 4. The van der Waals surface area contributed by atoms with Gasteiger partial charge in [0.1, 0.15) is 5.82 Å². The maximum atomic E-state index is 12.6. The molecule has 0 bridgehead atoms. The van der Waals surface area contributed by atoms with E-state index in [-0.39, 0.29) is 47.1 Å². The molecule has 2 heterocycles. The quantitative estimate of drug-likeness (QED) is 0.402. The maximum Gasteiger partial charge on any atom is 0.338 e. The lowest BCUT2D eigenvalue weighted by Gasteiger charge is -2.12. The van der Waals surface area contributed by atoms with Crippen molar-refractivity contribution in [3.63, 3.8) is 0 Å². The molecule has 9 heteroatoms. The van der Waals surface area contributed by atoms with E-state index in [1.54, 1.807) is 14.0 Å². The van der Waals surface area contributed by atoms with Gasteiger partial charge in [-0.05, 0) is 43.7 Å². The minimum Gasteiger partial charge on any atom is -0.462 e. The summed E-state index contributed by atoms with van der Waals surface area (Å²) in [6.45, 7) is 2.60. The summed E-state index contributed by atoms with van der Waals surface area (Å²) in [6, 6.07) is 7.19. The van der Waals surface area contributed by atoms with Crippen LogP contribution in [0, 0.1) is 0 Å². The number of nitrogens with zero attached hydrogens (tertiary/aromatic N) is 2. The number of rotatable bonds is 8. The Balaban J connectivity index is 1.75. The van der Waals surface area contributed by atoms with Gasteiger partial charge < -0.3 is 14.8 Å². The first-order chi connectivity index (χ1) is 14.5. The Morgan fingerprint density at radius 2 is 1.83 bits per heavy atom. The van der Waals surface area contributed by atoms with Crippen LogP contribution in [-0.4, -0.2) is 60.4 Å². The molecule has 1 aliphatic heterocycles. The summed E-state index contributed by atoms with van der Waals surface area (Å²) in [7, 11) is 1.55. The fourth-order valence-corrected chi connectivity index (χ4v) is 3.03. The van der Waals surface area contributed by atoms with E-state index in [9.17, 15) is 19.2 Å². The van der Waals surface area contributed by atoms with Crippen LogP contribution in [0.3, 0.4) is 0 Å². The third-order valence-electron chi connectivity index (χ3n) is 4.48. The van der Waals surface area contributed by atoms with E-state index in [1.807, 2.05) is 0 Å². The summed E-state index contributed by atoms with van der Waals surface area (Å²) >= 11 is 0. The Bertz CT molecular complexity index is 1000. The number of pyridine rings is 1. The molecule has 1 aromatic carbocycles. The SMILES string of the molecule is CCOC(=O)c1ccnc(NC(=O)c2ccc3c(c2)C(=O)N(CCCOC)C3=O)c1. The van der Waals surface area contributed by atoms with Crippen molar-refractivity contribution >= 4 is 29.5 Å². The van der Waals surface area contributed by atoms with Crippen LogP contribution in [0.2, 0.25) is 0 Å². The number of imide groups is 1. The number of carbonyl (C=O) groups excluding carboxylic acids is 4. The van der Waals surface area contributed by atoms with E-state index < -0.39 is 17.8 Å². The molecule has 0 unspecified atom stereocenters. The predicted octanol–water partition coefficient (Wildman–Crippen LogP) is 2.14. The third-order valence-corrected chi connectivity index (χ3v) is 4.48. The second-order valence-corrected chi connectivity index (χ2v) is 6.47. The fourth-order valence-electron chi connectivity index (χ4n) is 3.03. The number of anilines is 1. The molecule has 1 N–H and O–H groups in total. The molecule has 0 aliphatic carbocycles. The van der Waals surface area contributed by atoms with Crippen molar-refractivity contribution in [2.24, 2.45) is 0 Å². The molecule has 0 fully saturated rings. The van der Waals surface area contributed by atoms with Crippen molar-refractivity contribution in [1.29, 1.82) is 0 Å². The minimum atomic E-state index is -0.524. The van der Waals surface area contributed by atoms with Crippen LogP contribution in [0.15, 0.2) is 36.5 Å². The molecule has 1 aromatic heterocycles. The number of aromatic nitrogens is 1. The highest BCUT2D eigenvalue weighted by atomic mass is 16.5. The molecule has 156 valence electrons. The number of hydrogen-bond acceptors (Lipinski definition) is 7. The topological polar surface area (TPSA) is 115 Å². The molecule has 0 saturated heterocycles. The predicted molar refractivity (Wildman–Crippen MR) is 106 cm³/mol. The zero-order valence-electron chi connectivity index (χ0n) is 16.6. The standard InChI is InChI=1S/C21H21N3O6/c1-3-30-21(28)14-7-8-22-17(12-14)23-18(25)13-5-6-15-16(11-13)20(27)24(19(15)26)9-4-10-29-2/h5-8,11-12H,3-4,9-10H2,1-2H3,(H,22,23,25). The Morgan fingerprint density at radius 3 is 2.57 bits per heavy atom. The summed E-state index contributed by atoms with van der Waals surface area (Å²) in [5.74, 6) is -1.71. The third kappa shape index (κ3) is 4.36. The molecule has 3 rings (SSSR count). The van der Waals surface area contributed by atoms with Gasteiger partial charge in [0.15, 0.2) is 0 Å². The molecular weight excluding hydrogens is 390 g/mol. The van der Waals surface area contributed by atoms with Crippen molar-refractivity contribution in [2.75, 3.05) is 32.2 Å². The van der Waals surface area contributed by atoms with Gasteiger partial charge in [-0.15, -0.1) is 0 Å². The van der Waals surface area contributed by atoms with Crippen molar-refractivity contribution < 1.29 is 28.7 Å². The highest BCUT2D eigenvalue weighted by Crippen LogP contribution is 2.24. The normalized spacial score (nSPS) is 12.7. The summed E-state index contributed by atoms with van der Waals surface area (Å²) in [6.07, 6.45) is 1.91. The van der Waals surface area contributed by atoms with Crippen molar-refractivity contribution in [3.8, 4) is 0 Å². The van der Waals surface area contributed by atoms with Gasteiger partial charge in [0.05, 0.1) is 23.3 Å². The van der Waals surface area contributed by atoms with E-state index in [4.69, 9.17) is 9.47 Å². The first-order valence-corrected chi connectivity index (χ1v) is 9.40. The Morgan fingerprint density at radius 1 is 1.07 bits per heavy atom. The largest absolute Gasteiger partial charge is 0.462 e. The van der Waals surface area contributed by atoms with Crippen LogP contribution < -0.4 is 5.32 Å². The molecule has 9 nitrogen and oxygen atoms in total. The van der Waals surface area contributed by atoms with Crippen LogP contribution >= 0.6 is 0 Å². The van der Waals surface area contributed by atoms with E-state index >= 15 is 0 Å². The zero-order chi connectivity index (χ0) is 21.7. The number of amides is 3. The van der Waals surface area contributed by atoms with Gasteiger partial charge >= 0.3 is 5.97 Å². The average molecular weight is 411 g/mol. The molecular formula is C21H21N3O6. The molecule has 0 saturated carbocycles. The van der Waals surface area contributed by atoms with E-state index in [2.05, 4.69) is 10.3 Å². The molecule has 3 amide bonds. The number of esters is 1. The smallest absolute Gasteiger partial charge is 0.338 e. The van der Waals surface area contributed by atoms with Crippen LogP contribution in [0.5, 0.6) is 0 Å². The highest BCUT2D eigenvalue weighted by molar-refractivity contribution is 6.22. The first kappa shape index (κ1) is 21.1.